The number of carbonyl (C=O) groups excluding carboxylic acids is 2. The number of ether oxygens (including phenoxy) is 1. The summed E-state index contributed by atoms with van der Waals surface area (Å²) in [7, 11) is -3.99. The van der Waals surface area contributed by atoms with Gasteiger partial charge in [-0.1, -0.05) is 51.1 Å². The second-order valence-corrected chi connectivity index (χ2v) is 11.9. The van der Waals surface area contributed by atoms with E-state index in [2.05, 4.69) is 10.0 Å². The Hall–Kier alpha value is -2.91. The molecule has 0 radical (unpaired) electrons. The fraction of sp³-hybridized carbons (Fsp3) is 0.481. The predicted octanol–water partition coefficient (Wildman–Crippen LogP) is 4.49. The highest BCUT2D eigenvalue weighted by Crippen LogP contribution is 2.33. The maximum absolute atomic E-state index is 13.7. The van der Waals surface area contributed by atoms with Crippen molar-refractivity contribution in [2.75, 3.05) is 29.9 Å². The molecule has 8 nitrogen and oxygen atoms in total. The van der Waals surface area contributed by atoms with E-state index >= 15 is 0 Å². The highest BCUT2D eigenvalue weighted by atomic mass is 32.2. The first-order valence-electron chi connectivity index (χ1n) is 12.4. The van der Waals surface area contributed by atoms with Gasteiger partial charge in [-0.15, -0.1) is 0 Å². The van der Waals surface area contributed by atoms with Crippen LogP contribution in [0.1, 0.15) is 59.1 Å². The number of amides is 1. The number of nitrogens with zero attached hydrogens (tertiary/aromatic N) is 1. The summed E-state index contributed by atoms with van der Waals surface area (Å²) in [4.78, 5) is 27.0. The normalized spacial score (nSPS) is 17.4. The molecule has 0 aromatic heterocycles. The number of nitrogens with one attached hydrogen (secondary N) is 2. The molecule has 1 aliphatic rings. The van der Waals surface area contributed by atoms with Gasteiger partial charge < -0.3 is 15.0 Å². The van der Waals surface area contributed by atoms with Crippen LogP contribution in [0.15, 0.2) is 53.4 Å². The van der Waals surface area contributed by atoms with E-state index in [0.29, 0.717) is 37.5 Å². The van der Waals surface area contributed by atoms with Crippen LogP contribution in [-0.2, 0) is 24.3 Å². The molecule has 0 unspecified atom stereocenters. The lowest BCUT2D eigenvalue weighted by Gasteiger charge is -2.34. The molecule has 9 heteroatoms. The third-order valence-electron chi connectivity index (χ3n) is 6.20. The maximum Gasteiger partial charge on any atom is 0.310 e. The Balaban J connectivity index is 1.98. The monoisotopic (exact) mass is 515 g/mol. The van der Waals surface area contributed by atoms with Crippen LogP contribution in [0.3, 0.4) is 0 Å². The van der Waals surface area contributed by atoms with Gasteiger partial charge in [-0.2, -0.15) is 0 Å². The number of rotatable bonds is 8. The second-order valence-electron chi connectivity index (χ2n) is 10.2. The summed E-state index contributed by atoms with van der Waals surface area (Å²) in [6.07, 6.45) is 1.43. The molecule has 2 atom stereocenters. The van der Waals surface area contributed by atoms with Crippen LogP contribution in [0, 0.1) is 11.3 Å². The van der Waals surface area contributed by atoms with E-state index in [0.717, 1.165) is 12.0 Å². The molecule has 2 N–H and O–H groups in total. The van der Waals surface area contributed by atoms with Crippen LogP contribution in [0.4, 0.5) is 11.4 Å². The number of hydrogen-bond donors (Lipinski definition) is 2. The predicted molar refractivity (Wildman–Crippen MR) is 141 cm³/mol. The van der Waals surface area contributed by atoms with Gasteiger partial charge in [0.15, 0.2) is 0 Å². The average Bonchev–Trinajstić information content (AvgIpc) is 2.84. The van der Waals surface area contributed by atoms with E-state index in [4.69, 9.17) is 4.74 Å². The molecular formula is C27H37N3O5S. The molecular weight excluding hydrogens is 478 g/mol. The lowest BCUT2D eigenvalue weighted by molar-refractivity contribution is -0.148. The van der Waals surface area contributed by atoms with Gasteiger partial charge in [0.2, 0.25) is 15.9 Å². The van der Waals surface area contributed by atoms with E-state index in [1.807, 2.05) is 35.2 Å². The minimum Gasteiger partial charge on any atom is -0.466 e. The van der Waals surface area contributed by atoms with Gasteiger partial charge in [-0.3, -0.25) is 9.59 Å². The molecule has 0 spiro atoms. The fourth-order valence-corrected chi connectivity index (χ4v) is 5.62. The van der Waals surface area contributed by atoms with E-state index in [1.54, 1.807) is 46.8 Å². The molecule has 0 aliphatic carbocycles. The highest BCUT2D eigenvalue weighted by Gasteiger charge is 2.31. The summed E-state index contributed by atoms with van der Waals surface area (Å²) >= 11 is 0. The molecule has 0 bridgehead atoms. The molecule has 1 aliphatic heterocycles. The Morgan fingerprint density at radius 2 is 1.83 bits per heavy atom. The van der Waals surface area contributed by atoms with Gasteiger partial charge in [-0.25, -0.2) is 13.1 Å². The van der Waals surface area contributed by atoms with Crippen LogP contribution in [0.5, 0.6) is 0 Å². The van der Waals surface area contributed by atoms with E-state index < -0.39 is 21.5 Å². The fourth-order valence-electron chi connectivity index (χ4n) is 4.14. The summed E-state index contributed by atoms with van der Waals surface area (Å²) < 4.78 is 35.4. The van der Waals surface area contributed by atoms with Crippen molar-refractivity contribution >= 4 is 33.3 Å². The zero-order valence-electron chi connectivity index (χ0n) is 21.7. The Morgan fingerprint density at radius 1 is 1.14 bits per heavy atom. The Morgan fingerprint density at radius 3 is 2.47 bits per heavy atom. The minimum absolute atomic E-state index is 0.0569. The van der Waals surface area contributed by atoms with Crippen molar-refractivity contribution in [3.8, 4) is 0 Å². The summed E-state index contributed by atoms with van der Waals surface area (Å²) in [6, 6.07) is 13.7. The summed E-state index contributed by atoms with van der Waals surface area (Å²) in [5, 5.41) is 2.83. The smallest absolute Gasteiger partial charge is 0.310 e. The molecule has 1 saturated heterocycles. The molecule has 196 valence electrons. The number of carbonyl (C=O) groups is 2. The van der Waals surface area contributed by atoms with Gasteiger partial charge in [0.1, 0.15) is 4.90 Å². The second kappa shape index (κ2) is 11.4. The quantitative estimate of drug-likeness (QED) is 0.502. The number of esters is 1. The van der Waals surface area contributed by atoms with Gasteiger partial charge in [0.05, 0.1) is 18.2 Å². The third kappa shape index (κ3) is 6.85. The number of hydrogen-bond acceptors (Lipinski definition) is 6. The molecule has 0 saturated carbocycles. The van der Waals surface area contributed by atoms with Crippen molar-refractivity contribution < 1.29 is 22.7 Å². The Kier molecular flexibility index (Phi) is 8.79. The summed E-state index contributed by atoms with van der Waals surface area (Å²) in [6.45, 7) is 10.2. The standard InChI is InChI=1S/C27H37N3O5S/c1-6-35-25(31)21-13-10-16-30(18-21)23-15-14-22(28-26(32)27(3,4)5)17-24(23)36(33,34)29-19(2)20-11-8-7-9-12-20/h7-9,11-12,14-15,17,19,21,29H,6,10,13,16,18H2,1-5H3,(H,28,32)/t19-,21-/m0/s1. The van der Waals surface area contributed by atoms with Crippen LogP contribution in [0.2, 0.25) is 0 Å². The molecule has 2 aromatic rings. The van der Waals surface area contributed by atoms with Crippen molar-refractivity contribution in [3.05, 3.63) is 54.1 Å². The first-order valence-corrected chi connectivity index (χ1v) is 13.8. The first kappa shape index (κ1) is 27.7. The summed E-state index contributed by atoms with van der Waals surface area (Å²) in [5.74, 6) is -0.813. The number of piperidine rings is 1. The van der Waals surface area contributed by atoms with Gasteiger partial charge in [0, 0.05) is 30.2 Å². The lowest BCUT2D eigenvalue weighted by Crippen LogP contribution is -2.40. The Labute approximate surface area is 214 Å². The van der Waals surface area contributed by atoms with Crippen molar-refractivity contribution in [1.82, 2.24) is 4.72 Å². The van der Waals surface area contributed by atoms with E-state index in [-0.39, 0.29) is 22.7 Å². The molecule has 1 heterocycles. The molecule has 36 heavy (non-hydrogen) atoms. The summed E-state index contributed by atoms with van der Waals surface area (Å²) in [5.41, 5.74) is 1.08. The van der Waals surface area contributed by atoms with Crippen LogP contribution >= 0.6 is 0 Å². The zero-order valence-corrected chi connectivity index (χ0v) is 22.5. The topological polar surface area (TPSA) is 105 Å². The first-order chi connectivity index (χ1) is 16.9. The van der Waals surface area contributed by atoms with E-state index in [1.165, 1.54) is 6.07 Å². The zero-order chi connectivity index (χ0) is 26.5. The largest absolute Gasteiger partial charge is 0.466 e. The van der Waals surface area contributed by atoms with Crippen molar-refractivity contribution in [1.29, 1.82) is 0 Å². The van der Waals surface area contributed by atoms with Gasteiger partial charge in [0.25, 0.3) is 0 Å². The molecule has 3 rings (SSSR count). The van der Waals surface area contributed by atoms with Crippen molar-refractivity contribution in [2.24, 2.45) is 11.3 Å². The SMILES string of the molecule is CCOC(=O)[C@H]1CCCN(c2ccc(NC(=O)C(C)(C)C)cc2S(=O)(=O)N[C@@H](C)c2ccccc2)C1. The number of anilines is 2. The van der Waals surface area contributed by atoms with E-state index in [9.17, 15) is 18.0 Å². The van der Waals surface area contributed by atoms with Crippen LogP contribution < -0.4 is 14.9 Å². The average molecular weight is 516 g/mol. The molecule has 1 fully saturated rings. The third-order valence-corrected chi connectivity index (χ3v) is 7.77. The Bertz CT molecular complexity index is 1180. The number of sulfonamides is 1. The minimum atomic E-state index is -3.99. The van der Waals surface area contributed by atoms with Crippen molar-refractivity contribution in [3.63, 3.8) is 0 Å². The molecule has 2 aromatic carbocycles. The highest BCUT2D eigenvalue weighted by molar-refractivity contribution is 7.89. The maximum atomic E-state index is 13.7. The van der Waals surface area contributed by atoms with Gasteiger partial charge >= 0.3 is 5.97 Å². The number of benzene rings is 2. The van der Waals surface area contributed by atoms with Crippen LogP contribution in [0.25, 0.3) is 0 Å². The van der Waals surface area contributed by atoms with Gasteiger partial charge in [-0.05, 0) is 50.5 Å². The van der Waals surface area contributed by atoms with Crippen molar-refractivity contribution in [2.45, 2.75) is 58.4 Å². The molecule has 1 amide bonds. The lowest BCUT2D eigenvalue weighted by atomic mass is 9.95. The van der Waals surface area contributed by atoms with Crippen LogP contribution in [-0.4, -0.2) is 40.0 Å².